The highest BCUT2D eigenvalue weighted by Crippen LogP contribution is 2.02. The lowest BCUT2D eigenvalue weighted by molar-refractivity contribution is 0.286. The van der Waals surface area contributed by atoms with E-state index < -0.39 is 0 Å². The van der Waals surface area contributed by atoms with Gasteiger partial charge in [-0.2, -0.15) is 9.61 Å². The van der Waals surface area contributed by atoms with Gasteiger partial charge in [0.05, 0.1) is 0 Å². The first kappa shape index (κ1) is 10.6. The lowest BCUT2D eigenvalue weighted by Gasteiger charge is -2.03. The third kappa shape index (κ3) is 2.19. The third-order valence-electron chi connectivity index (χ3n) is 2.16. The van der Waals surface area contributed by atoms with Gasteiger partial charge in [0.2, 0.25) is 0 Å². The molecule has 2 aromatic heterocycles. The zero-order chi connectivity index (χ0) is 11.4. The summed E-state index contributed by atoms with van der Waals surface area (Å²) in [5.41, 5.74) is 0.139. The van der Waals surface area contributed by atoms with Crippen molar-refractivity contribution in [3.05, 3.63) is 22.6 Å². The van der Waals surface area contributed by atoms with E-state index >= 15 is 0 Å². The van der Waals surface area contributed by atoms with E-state index in [-0.39, 0.29) is 12.3 Å². The molecule has 0 radical (unpaired) electrons. The molecule has 2 aromatic rings. The molecule has 2 heterocycles. The van der Waals surface area contributed by atoms with Crippen molar-refractivity contribution in [2.75, 3.05) is 18.5 Å². The van der Waals surface area contributed by atoms with Crippen LogP contribution < -0.4 is 11.0 Å². The SMILES string of the molecule is O=c1[nH]nc2ccc(NCCCCO)nn12. The van der Waals surface area contributed by atoms with Crippen molar-refractivity contribution in [1.29, 1.82) is 0 Å². The van der Waals surface area contributed by atoms with E-state index in [1.807, 2.05) is 0 Å². The molecule has 0 spiro atoms. The summed E-state index contributed by atoms with van der Waals surface area (Å²) in [5.74, 6) is 0.619. The van der Waals surface area contributed by atoms with Gasteiger partial charge in [-0.15, -0.1) is 5.10 Å². The molecule has 16 heavy (non-hydrogen) atoms. The molecule has 0 unspecified atom stereocenters. The molecule has 0 aliphatic rings. The quantitative estimate of drug-likeness (QED) is 0.599. The van der Waals surface area contributed by atoms with Crippen LogP contribution in [0.4, 0.5) is 5.82 Å². The number of hydrogen-bond acceptors (Lipinski definition) is 5. The molecule has 0 saturated carbocycles. The standard InChI is InChI=1S/C9H13N5O2/c15-6-2-1-5-10-7-3-4-8-11-12-9(16)14(8)13-7/h3-4,15H,1-2,5-6H2,(H,10,13)(H,12,16). The van der Waals surface area contributed by atoms with Crippen LogP contribution in [0, 0.1) is 0 Å². The number of nitrogens with one attached hydrogen (secondary N) is 2. The lowest BCUT2D eigenvalue weighted by Crippen LogP contribution is -2.14. The van der Waals surface area contributed by atoms with E-state index in [2.05, 4.69) is 20.6 Å². The Balaban J connectivity index is 2.07. The van der Waals surface area contributed by atoms with E-state index in [1.165, 1.54) is 4.52 Å². The molecule has 0 amide bonds. The number of aromatic amines is 1. The van der Waals surface area contributed by atoms with Gasteiger partial charge in [0.15, 0.2) is 5.65 Å². The molecular formula is C9H13N5O2. The van der Waals surface area contributed by atoms with Crippen LogP contribution in [0.2, 0.25) is 0 Å². The van der Waals surface area contributed by atoms with Gasteiger partial charge in [-0.05, 0) is 25.0 Å². The first-order valence-electron chi connectivity index (χ1n) is 5.10. The monoisotopic (exact) mass is 223 g/mol. The van der Waals surface area contributed by atoms with Gasteiger partial charge in [0.25, 0.3) is 0 Å². The Kier molecular flexibility index (Phi) is 3.16. The Morgan fingerprint density at radius 3 is 3.12 bits per heavy atom. The number of hydrogen-bond donors (Lipinski definition) is 3. The summed E-state index contributed by atoms with van der Waals surface area (Å²) in [6.07, 6.45) is 1.61. The lowest BCUT2D eigenvalue weighted by atomic mass is 10.3. The summed E-state index contributed by atoms with van der Waals surface area (Å²) < 4.78 is 1.20. The van der Waals surface area contributed by atoms with Gasteiger partial charge in [0, 0.05) is 13.2 Å². The van der Waals surface area contributed by atoms with Crippen LogP contribution in [0.5, 0.6) is 0 Å². The fourth-order valence-corrected chi connectivity index (χ4v) is 1.35. The molecule has 0 aliphatic heterocycles. The van der Waals surface area contributed by atoms with Crippen LogP contribution in [-0.2, 0) is 0 Å². The predicted octanol–water partition coefficient (Wildman–Crippen LogP) is -0.398. The average Bonchev–Trinajstić information content (AvgIpc) is 2.67. The fourth-order valence-electron chi connectivity index (χ4n) is 1.35. The first-order chi connectivity index (χ1) is 7.81. The van der Waals surface area contributed by atoms with Crippen LogP contribution in [0.15, 0.2) is 16.9 Å². The molecule has 86 valence electrons. The average molecular weight is 223 g/mol. The highest BCUT2D eigenvalue weighted by atomic mass is 16.2. The summed E-state index contributed by atoms with van der Waals surface area (Å²) >= 11 is 0. The highest BCUT2D eigenvalue weighted by Gasteiger charge is 2.01. The smallest absolute Gasteiger partial charge is 0.364 e. The number of rotatable bonds is 5. The maximum absolute atomic E-state index is 11.2. The van der Waals surface area contributed by atoms with Crippen LogP contribution >= 0.6 is 0 Å². The molecule has 0 bridgehead atoms. The maximum atomic E-state index is 11.2. The Morgan fingerprint density at radius 1 is 1.44 bits per heavy atom. The Bertz CT molecular complexity index is 518. The zero-order valence-corrected chi connectivity index (χ0v) is 8.68. The Hall–Kier alpha value is -1.89. The van der Waals surface area contributed by atoms with Crippen molar-refractivity contribution in [2.45, 2.75) is 12.8 Å². The predicted molar refractivity (Wildman–Crippen MR) is 58.4 cm³/mol. The molecular weight excluding hydrogens is 210 g/mol. The number of H-pyrrole nitrogens is 1. The van der Waals surface area contributed by atoms with Gasteiger partial charge >= 0.3 is 5.69 Å². The summed E-state index contributed by atoms with van der Waals surface area (Å²) in [6, 6.07) is 3.47. The van der Waals surface area contributed by atoms with Crippen molar-refractivity contribution in [2.24, 2.45) is 0 Å². The normalized spacial score (nSPS) is 10.8. The second-order valence-electron chi connectivity index (χ2n) is 3.37. The second-order valence-corrected chi connectivity index (χ2v) is 3.37. The topological polar surface area (TPSA) is 95.3 Å². The van der Waals surface area contributed by atoms with Crippen LogP contribution in [0.3, 0.4) is 0 Å². The van der Waals surface area contributed by atoms with E-state index in [1.54, 1.807) is 12.1 Å². The number of fused-ring (bicyclic) bond motifs is 1. The molecule has 7 heteroatoms. The maximum Gasteiger partial charge on any atom is 0.364 e. The number of aromatic nitrogens is 4. The van der Waals surface area contributed by atoms with E-state index in [9.17, 15) is 4.79 Å². The number of aliphatic hydroxyl groups excluding tert-OH is 1. The number of anilines is 1. The fraction of sp³-hybridized carbons (Fsp3) is 0.444. The molecule has 0 aromatic carbocycles. The first-order valence-corrected chi connectivity index (χ1v) is 5.10. The van der Waals surface area contributed by atoms with Crippen LogP contribution in [0.25, 0.3) is 5.65 Å². The molecule has 2 rings (SSSR count). The van der Waals surface area contributed by atoms with Gasteiger partial charge in [-0.25, -0.2) is 9.89 Å². The minimum Gasteiger partial charge on any atom is -0.396 e. The largest absolute Gasteiger partial charge is 0.396 e. The molecule has 3 N–H and O–H groups in total. The number of unbranched alkanes of at least 4 members (excludes halogenated alkanes) is 1. The van der Waals surface area contributed by atoms with Crippen molar-refractivity contribution >= 4 is 11.5 Å². The van der Waals surface area contributed by atoms with Gasteiger partial charge in [0.1, 0.15) is 5.82 Å². The summed E-state index contributed by atoms with van der Waals surface area (Å²) in [4.78, 5) is 11.2. The summed E-state index contributed by atoms with van der Waals surface area (Å²) in [6.45, 7) is 0.904. The summed E-state index contributed by atoms with van der Waals surface area (Å²) in [5, 5.41) is 21.8. The molecule has 7 nitrogen and oxygen atoms in total. The minimum atomic E-state index is -0.353. The van der Waals surface area contributed by atoms with Crippen molar-refractivity contribution < 1.29 is 5.11 Å². The zero-order valence-electron chi connectivity index (χ0n) is 8.68. The van der Waals surface area contributed by atoms with Crippen LogP contribution in [-0.4, -0.2) is 38.1 Å². The van der Waals surface area contributed by atoms with Gasteiger partial charge < -0.3 is 10.4 Å². The van der Waals surface area contributed by atoms with Crippen molar-refractivity contribution in [3.8, 4) is 0 Å². The van der Waals surface area contributed by atoms with Crippen molar-refractivity contribution in [1.82, 2.24) is 19.8 Å². The minimum absolute atomic E-state index is 0.190. The number of aliphatic hydroxyl groups is 1. The Morgan fingerprint density at radius 2 is 2.31 bits per heavy atom. The summed E-state index contributed by atoms with van der Waals surface area (Å²) in [7, 11) is 0. The molecule has 0 saturated heterocycles. The second kappa shape index (κ2) is 4.75. The molecule has 0 aliphatic carbocycles. The van der Waals surface area contributed by atoms with Crippen molar-refractivity contribution in [3.63, 3.8) is 0 Å². The van der Waals surface area contributed by atoms with E-state index in [0.717, 1.165) is 12.8 Å². The highest BCUT2D eigenvalue weighted by molar-refractivity contribution is 5.42. The van der Waals surface area contributed by atoms with Gasteiger partial charge in [-0.1, -0.05) is 0 Å². The molecule has 0 fully saturated rings. The van der Waals surface area contributed by atoms with Gasteiger partial charge in [-0.3, -0.25) is 0 Å². The van der Waals surface area contributed by atoms with E-state index in [0.29, 0.717) is 18.0 Å². The Labute approximate surface area is 91.1 Å². The van der Waals surface area contributed by atoms with E-state index in [4.69, 9.17) is 5.11 Å². The van der Waals surface area contributed by atoms with Crippen LogP contribution in [0.1, 0.15) is 12.8 Å². The number of nitrogens with zero attached hydrogens (tertiary/aromatic N) is 3. The molecule has 0 atom stereocenters. The third-order valence-corrected chi connectivity index (χ3v) is 2.16.